The van der Waals surface area contributed by atoms with Gasteiger partial charge in [-0.25, -0.2) is 17.6 Å². The summed E-state index contributed by atoms with van der Waals surface area (Å²) in [6, 6.07) is 0. The lowest BCUT2D eigenvalue weighted by atomic mass is 9.81. The van der Waals surface area contributed by atoms with E-state index >= 15 is 0 Å². The highest BCUT2D eigenvalue weighted by Crippen LogP contribution is 2.42. The first-order valence-electron chi connectivity index (χ1n) is 6.56. The summed E-state index contributed by atoms with van der Waals surface area (Å²) in [4.78, 5) is 11.8. The number of hydrogen-bond acceptors (Lipinski definition) is 1. The van der Waals surface area contributed by atoms with Gasteiger partial charge in [0.2, 0.25) is 11.8 Å². The lowest BCUT2D eigenvalue weighted by molar-refractivity contribution is -0.126. The van der Waals surface area contributed by atoms with Gasteiger partial charge in [0.25, 0.3) is 0 Å². The molecular weight excluding hydrogens is 248 g/mol. The molecule has 104 valence electrons. The van der Waals surface area contributed by atoms with Crippen molar-refractivity contribution in [2.75, 3.05) is 0 Å². The molecule has 2 rings (SSSR count). The molecule has 2 unspecified atom stereocenters. The predicted octanol–water partition coefficient (Wildman–Crippen LogP) is 4.21. The average Bonchev–Trinajstić information content (AvgIpc) is 2.57. The molecule has 2 aliphatic rings. The van der Waals surface area contributed by atoms with Crippen LogP contribution in [0.1, 0.15) is 51.4 Å². The molecule has 0 aromatic rings. The quantitative estimate of drug-likeness (QED) is 0.699. The highest BCUT2D eigenvalue weighted by molar-refractivity contribution is 5.81. The summed E-state index contributed by atoms with van der Waals surface area (Å²) in [5.41, 5.74) is 0. The van der Waals surface area contributed by atoms with Crippen molar-refractivity contribution in [1.29, 1.82) is 0 Å². The average molecular weight is 266 g/mol. The minimum absolute atomic E-state index is 0.0519. The van der Waals surface area contributed by atoms with E-state index in [1.807, 2.05) is 0 Å². The number of hydrogen-bond donors (Lipinski definition) is 0. The smallest absolute Gasteiger partial charge is 0.248 e. The molecule has 0 heterocycles. The molecule has 2 aliphatic carbocycles. The second-order valence-electron chi connectivity index (χ2n) is 5.78. The highest BCUT2D eigenvalue weighted by atomic mass is 19.3. The first-order chi connectivity index (χ1) is 8.27. The molecule has 0 bridgehead atoms. The fourth-order valence-electron chi connectivity index (χ4n) is 3.13. The Kier molecular flexibility index (Phi) is 3.70. The number of carbonyl (C=O) groups excluding carboxylic acids is 1. The fourth-order valence-corrected chi connectivity index (χ4v) is 3.13. The van der Waals surface area contributed by atoms with E-state index < -0.39 is 24.2 Å². The fraction of sp³-hybridized carbons (Fsp3) is 0.923. The number of carbonyl (C=O) groups is 1. The third-order valence-corrected chi connectivity index (χ3v) is 4.09. The molecule has 0 spiro atoms. The molecule has 0 aromatic carbocycles. The Bertz CT molecular complexity index is 327. The lowest BCUT2D eigenvalue weighted by Crippen LogP contribution is -2.28. The van der Waals surface area contributed by atoms with Crippen molar-refractivity contribution in [2.24, 2.45) is 11.8 Å². The van der Waals surface area contributed by atoms with E-state index in [4.69, 9.17) is 0 Å². The zero-order valence-corrected chi connectivity index (χ0v) is 10.2. The van der Waals surface area contributed by atoms with Gasteiger partial charge in [0.05, 0.1) is 0 Å². The molecule has 0 amide bonds. The normalized spacial score (nSPS) is 34.4. The summed E-state index contributed by atoms with van der Waals surface area (Å²) in [7, 11) is 0. The minimum Gasteiger partial charge on any atom is -0.299 e. The molecule has 0 N–H and O–H groups in total. The Balaban J connectivity index is 1.85. The maximum Gasteiger partial charge on any atom is 0.248 e. The molecule has 18 heavy (non-hydrogen) atoms. The van der Waals surface area contributed by atoms with Crippen LogP contribution in [0.4, 0.5) is 17.6 Å². The van der Waals surface area contributed by atoms with Crippen LogP contribution in [0, 0.1) is 11.8 Å². The van der Waals surface area contributed by atoms with Gasteiger partial charge in [0.15, 0.2) is 0 Å². The van der Waals surface area contributed by atoms with Crippen molar-refractivity contribution in [2.45, 2.75) is 63.2 Å². The molecule has 1 nitrogen and oxygen atoms in total. The minimum atomic E-state index is -2.74. The van der Waals surface area contributed by atoms with Crippen molar-refractivity contribution in [3.05, 3.63) is 0 Å². The standard InChI is InChI=1S/C13H18F4O/c14-12(15)4-1-2-9(7-12)6-11(18)10-3-5-13(16,17)8-10/h9-10H,1-8H2. The summed E-state index contributed by atoms with van der Waals surface area (Å²) in [5, 5.41) is 0. The number of halogens is 4. The topological polar surface area (TPSA) is 17.1 Å². The first kappa shape index (κ1) is 13.8. The van der Waals surface area contributed by atoms with Crippen molar-refractivity contribution in [1.82, 2.24) is 0 Å². The van der Waals surface area contributed by atoms with Gasteiger partial charge in [-0.15, -0.1) is 0 Å². The number of alkyl halides is 4. The van der Waals surface area contributed by atoms with Crippen LogP contribution in [0.5, 0.6) is 0 Å². The molecule has 0 radical (unpaired) electrons. The highest BCUT2D eigenvalue weighted by Gasteiger charge is 2.43. The maximum absolute atomic E-state index is 13.2. The van der Waals surface area contributed by atoms with E-state index in [-0.39, 0.29) is 43.8 Å². The number of rotatable bonds is 3. The van der Waals surface area contributed by atoms with Crippen molar-refractivity contribution in [3.8, 4) is 0 Å². The number of Topliss-reactive ketones (excluding diaryl/α,β-unsaturated/α-hetero) is 1. The zero-order chi connectivity index (χ0) is 13.4. The van der Waals surface area contributed by atoms with Crippen LogP contribution in [0.15, 0.2) is 0 Å². The third kappa shape index (κ3) is 3.45. The maximum atomic E-state index is 13.2. The largest absolute Gasteiger partial charge is 0.299 e. The van der Waals surface area contributed by atoms with Crippen LogP contribution in [-0.2, 0) is 4.79 Å². The van der Waals surface area contributed by atoms with Crippen molar-refractivity contribution < 1.29 is 22.4 Å². The molecule has 2 saturated carbocycles. The Hall–Kier alpha value is -0.610. The van der Waals surface area contributed by atoms with E-state index in [1.54, 1.807) is 0 Å². The molecular formula is C13H18F4O. The van der Waals surface area contributed by atoms with Gasteiger partial charge < -0.3 is 0 Å². The molecule has 0 saturated heterocycles. The van der Waals surface area contributed by atoms with Crippen molar-refractivity contribution in [3.63, 3.8) is 0 Å². The summed E-state index contributed by atoms with van der Waals surface area (Å²) in [6.45, 7) is 0. The second kappa shape index (κ2) is 4.82. The lowest BCUT2D eigenvalue weighted by Gasteiger charge is -2.29. The molecule has 0 aliphatic heterocycles. The Morgan fingerprint density at radius 3 is 2.22 bits per heavy atom. The summed E-state index contributed by atoms with van der Waals surface area (Å²) in [6.07, 6.45) is 0.279. The molecule has 5 heteroatoms. The predicted molar refractivity (Wildman–Crippen MR) is 58.8 cm³/mol. The zero-order valence-electron chi connectivity index (χ0n) is 10.2. The monoisotopic (exact) mass is 266 g/mol. The van der Waals surface area contributed by atoms with Crippen LogP contribution in [0.2, 0.25) is 0 Å². The summed E-state index contributed by atoms with van der Waals surface area (Å²) in [5.74, 6) is -6.60. The van der Waals surface area contributed by atoms with Gasteiger partial charge in [0.1, 0.15) is 5.78 Å². The molecule has 2 atom stereocenters. The van der Waals surface area contributed by atoms with Crippen LogP contribution >= 0.6 is 0 Å². The van der Waals surface area contributed by atoms with E-state index in [0.717, 1.165) is 0 Å². The van der Waals surface area contributed by atoms with Gasteiger partial charge in [-0.05, 0) is 25.2 Å². The molecule has 0 aromatic heterocycles. The van der Waals surface area contributed by atoms with Crippen LogP contribution in [0.25, 0.3) is 0 Å². The Labute approximate surface area is 104 Å². The molecule has 2 fully saturated rings. The van der Waals surface area contributed by atoms with Gasteiger partial charge >= 0.3 is 0 Å². The Morgan fingerprint density at radius 2 is 1.67 bits per heavy atom. The van der Waals surface area contributed by atoms with Gasteiger partial charge in [-0.1, -0.05) is 0 Å². The van der Waals surface area contributed by atoms with Gasteiger partial charge in [0, 0.05) is 38.0 Å². The van der Waals surface area contributed by atoms with Crippen LogP contribution in [-0.4, -0.2) is 17.6 Å². The van der Waals surface area contributed by atoms with E-state index in [0.29, 0.717) is 12.8 Å². The van der Waals surface area contributed by atoms with Crippen LogP contribution in [0.3, 0.4) is 0 Å². The first-order valence-corrected chi connectivity index (χ1v) is 6.56. The summed E-state index contributed by atoms with van der Waals surface area (Å²) < 4.78 is 52.3. The SMILES string of the molecule is O=C(CC1CCCC(F)(F)C1)C1CCC(F)(F)C1. The van der Waals surface area contributed by atoms with Crippen LogP contribution < -0.4 is 0 Å². The van der Waals surface area contributed by atoms with Gasteiger partial charge in [-0.3, -0.25) is 4.79 Å². The second-order valence-corrected chi connectivity index (χ2v) is 5.78. The van der Waals surface area contributed by atoms with E-state index in [2.05, 4.69) is 0 Å². The van der Waals surface area contributed by atoms with Crippen molar-refractivity contribution >= 4 is 5.78 Å². The third-order valence-electron chi connectivity index (χ3n) is 4.09. The van der Waals surface area contributed by atoms with Gasteiger partial charge in [-0.2, -0.15) is 0 Å². The summed E-state index contributed by atoms with van der Waals surface area (Å²) >= 11 is 0. The van der Waals surface area contributed by atoms with E-state index in [1.165, 1.54) is 0 Å². The van der Waals surface area contributed by atoms with E-state index in [9.17, 15) is 22.4 Å². The number of ketones is 1. The Morgan fingerprint density at radius 1 is 1.00 bits per heavy atom.